The van der Waals surface area contributed by atoms with Gasteiger partial charge in [0, 0.05) is 47.1 Å². The number of hydrogen-bond acceptors (Lipinski definition) is 5. The molecular weight excluding hydrogens is 589 g/mol. The number of aromatic nitrogens is 5. The maximum atomic E-state index is 14.2. The molecule has 0 unspecified atom stereocenters. The number of nitrogens with one attached hydrogen (secondary N) is 2. The van der Waals surface area contributed by atoms with Gasteiger partial charge >= 0.3 is 0 Å². The monoisotopic (exact) mass is 613 g/mol. The fourth-order valence-electron chi connectivity index (χ4n) is 4.47. The summed E-state index contributed by atoms with van der Waals surface area (Å²) in [4.78, 5) is 29.6. The molecule has 5 rings (SSSR count). The molecule has 12 heteroatoms. The van der Waals surface area contributed by atoms with E-state index in [9.17, 15) is 14.0 Å². The predicted octanol–water partition coefficient (Wildman–Crippen LogP) is 4.63. The van der Waals surface area contributed by atoms with Gasteiger partial charge in [-0.15, -0.1) is 5.10 Å². The van der Waals surface area contributed by atoms with E-state index < -0.39 is 11.4 Å². The topological polar surface area (TPSA) is 107 Å². The van der Waals surface area contributed by atoms with Crippen LogP contribution in [0.15, 0.2) is 65.8 Å². The smallest absolute Gasteiger partial charge is 0.253 e. The first-order valence-corrected chi connectivity index (χ1v) is 13.5. The van der Waals surface area contributed by atoms with Crippen LogP contribution in [0, 0.1) is 11.7 Å². The number of amides is 2. The second kappa shape index (κ2) is 10.9. The minimum Gasteiger partial charge on any atom is -0.352 e. The Bertz CT molecular complexity index is 1520. The SMILES string of the molecule is CC(C)(c1cn(-c2cncc(C(=O)NC3CC(C(=O)NCc4cc(Br)cc(Cl)c4F)C3)c2)nn1)n1cccc1. The van der Waals surface area contributed by atoms with Gasteiger partial charge in [-0.3, -0.25) is 14.6 Å². The quantitative estimate of drug-likeness (QED) is 0.282. The predicted molar refractivity (Wildman–Crippen MR) is 147 cm³/mol. The van der Waals surface area contributed by atoms with Crippen molar-refractivity contribution in [1.82, 2.24) is 35.2 Å². The average Bonchev–Trinajstić information content (AvgIpc) is 3.60. The summed E-state index contributed by atoms with van der Waals surface area (Å²) in [7, 11) is 0. The molecule has 2 N–H and O–H groups in total. The van der Waals surface area contributed by atoms with Crippen LogP contribution in [0.5, 0.6) is 0 Å². The van der Waals surface area contributed by atoms with E-state index in [2.05, 4.69) is 41.9 Å². The summed E-state index contributed by atoms with van der Waals surface area (Å²) in [5.41, 5.74) is 1.64. The van der Waals surface area contributed by atoms with Gasteiger partial charge in [-0.2, -0.15) is 0 Å². The fourth-order valence-corrected chi connectivity index (χ4v) is 5.35. The van der Waals surface area contributed by atoms with Gasteiger partial charge < -0.3 is 15.2 Å². The standard InChI is InChI=1S/C27H26BrClFN7O2/c1-27(2,36-5-3-4-6-36)23-15-37(35-34-23)21-10-18(12-31-14-21)26(39)33-20-8-16(9-20)25(38)32-13-17-7-19(28)11-22(29)24(17)30/h3-7,10-12,14-16,20H,8-9,13H2,1-2H3,(H,32,38)(H,33,39). The minimum atomic E-state index is -0.554. The first-order chi connectivity index (χ1) is 18.6. The van der Waals surface area contributed by atoms with Crippen molar-refractivity contribution in [3.05, 3.63) is 93.4 Å². The zero-order valence-electron chi connectivity index (χ0n) is 21.2. The van der Waals surface area contributed by atoms with E-state index in [1.54, 1.807) is 23.0 Å². The van der Waals surface area contributed by atoms with Crippen LogP contribution in [0.2, 0.25) is 5.02 Å². The van der Waals surface area contributed by atoms with Crippen LogP contribution in [0.3, 0.4) is 0 Å². The molecule has 1 aliphatic carbocycles. The molecule has 3 aromatic heterocycles. The third-order valence-electron chi connectivity index (χ3n) is 6.99. The van der Waals surface area contributed by atoms with E-state index in [1.807, 2.05) is 49.1 Å². The van der Waals surface area contributed by atoms with Crippen molar-refractivity contribution in [2.24, 2.45) is 5.92 Å². The summed E-state index contributed by atoms with van der Waals surface area (Å²) in [5.74, 6) is -1.29. The van der Waals surface area contributed by atoms with E-state index >= 15 is 0 Å². The first-order valence-electron chi connectivity index (χ1n) is 12.4. The molecule has 3 heterocycles. The molecule has 1 aromatic carbocycles. The molecule has 39 heavy (non-hydrogen) atoms. The Morgan fingerprint density at radius 3 is 2.67 bits per heavy atom. The van der Waals surface area contributed by atoms with Gasteiger partial charge in [0.1, 0.15) is 11.5 Å². The van der Waals surface area contributed by atoms with Crippen LogP contribution in [-0.2, 0) is 16.9 Å². The van der Waals surface area contributed by atoms with Crippen LogP contribution in [0.25, 0.3) is 5.69 Å². The fraction of sp³-hybridized carbons (Fsp3) is 0.296. The first kappa shape index (κ1) is 27.0. The lowest BCUT2D eigenvalue weighted by Gasteiger charge is -2.34. The Kier molecular flexibility index (Phi) is 7.55. The number of benzene rings is 1. The molecule has 9 nitrogen and oxygen atoms in total. The maximum absolute atomic E-state index is 14.2. The zero-order chi connectivity index (χ0) is 27.7. The Morgan fingerprint density at radius 1 is 1.18 bits per heavy atom. The van der Waals surface area contributed by atoms with Crippen molar-refractivity contribution >= 4 is 39.3 Å². The molecule has 1 fully saturated rings. The number of pyridine rings is 1. The third kappa shape index (κ3) is 5.74. The van der Waals surface area contributed by atoms with Gasteiger partial charge in [0.2, 0.25) is 5.91 Å². The van der Waals surface area contributed by atoms with E-state index in [4.69, 9.17) is 11.6 Å². The molecule has 2 amide bonds. The van der Waals surface area contributed by atoms with Gasteiger partial charge in [0.15, 0.2) is 0 Å². The summed E-state index contributed by atoms with van der Waals surface area (Å²) in [5, 5.41) is 14.3. The van der Waals surface area contributed by atoms with Crippen molar-refractivity contribution in [3.8, 4) is 5.69 Å². The second-order valence-electron chi connectivity index (χ2n) is 10.0. The van der Waals surface area contributed by atoms with Crippen molar-refractivity contribution in [1.29, 1.82) is 0 Å². The van der Waals surface area contributed by atoms with E-state index in [1.165, 1.54) is 12.3 Å². The summed E-state index contributed by atoms with van der Waals surface area (Å²) >= 11 is 9.14. The highest BCUT2D eigenvalue weighted by atomic mass is 79.9. The molecule has 0 radical (unpaired) electrons. The Morgan fingerprint density at radius 2 is 1.92 bits per heavy atom. The minimum absolute atomic E-state index is 0.0105. The number of carbonyl (C=O) groups is 2. The Hall–Kier alpha value is -3.57. The molecular formula is C27H26BrClFN7O2. The van der Waals surface area contributed by atoms with Crippen LogP contribution < -0.4 is 10.6 Å². The van der Waals surface area contributed by atoms with Crippen LogP contribution >= 0.6 is 27.5 Å². The lowest BCUT2D eigenvalue weighted by molar-refractivity contribution is -0.128. The number of nitrogens with zero attached hydrogens (tertiary/aromatic N) is 5. The number of hydrogen-bond donors (Lipinski definition) is 2. The average molecular weight is 615 g/mol. The normalized spacial score (nSPS) is 16.9. The van der Waals surface area contributed by atoms with Gasteiger partial charge in [-0.25, -0.2) is 9.07 Å². The lowest BCUT2D eigenvalue weighted by atomic mass is 9.79. The summed E-state index contributed by atoms with van der Waals surface area (Å²) in [6.07, 6.45) is 9.85. The van der Waals surface area contributed by atoms with E-state index in [-0.39, 0.29) is 35.3 Å². The van der Waals surface area contributed by atoms with Gasteiger partial charge in [0.25, 0.3) is 5.91 Å². The molecule has 0 aliphatic heterocycles. The van der Waals surface area contributed by atoms with E-state index in [0.29, 0.717) is 34.1 Å². The molecule has 0 atom stereocenters. The lowest BCUT2D eigenvalue weighted by Crippen LogP contribution is -2.49. The number of carbonyl (C=O) groups excluding carboxylic acids is 2. The highest BCUT2D eigenvalue weighted by molar-refractivity contribution is 9.10. The second-order valence-corrected chi connectivity index (χ2v) is 11.4. The highest BCUT2D eigenvalue weighted by Gasteiger charge is 2.35. The maximum Gasteiger partial charge on any atom is 0.253 e. The Balaban J connectivity index is 1.15. The van der Waals surface area contributed by atoms with Crippen LogP contribution in [-0.4, -0.2) is 42.4 Å². The van der Waals surface area contributed by atoms with Crippen LogP contribution in [0.1, 0.15) is 48.3 Å². The summed E-state index contributed by atoms with van der Waals surface area (Å²) in [6.45, 7) is 4.12. The van der Waals surface area contributed by atoms with Crippen LogP contribution in [0.4, 0.5) is 4.39 Å². The molecule has 0 bridgehead atoms. The van der Waals surface area contributed by atoms with Crippen molar-refractivity contribution < 1.29 is 14.0 Å². The largest absolute Gasteiger partial charge is 0.352 e. The van der Waals surface area contributed by atoms with E-state index in [0.717, 1.165) is 5.69 Å². The van der Waals surface area contributed by atoms with Gasteiger partial charge in [0.05, 0.1) is 34.2 Å². The summed E-state index contributed by atoms with van der Waals surface area (Å²) in [6, 6.07) is 8.50. The Labute approximate surface area is 237 Å². The molecule has 1 aliphatic rings. The number of halogens is 3. The highest BCUT2D eigenvalue weighted by Crippen LogP contribution is 2.29. The van der Waals surface area contributed by atoms with Crippen molar-refractivity contribution in [2.75, 3.05) is 0 Å². The number of rotatable bonds is 8. The molecule has 202 valence electrons. The van der Waals surface area contributed by atoms with Gasteiger partial charge in [-0.05, 0) is 57.0 Å². The van der Waals surface area contributed by atoms with Crippen molar-refractivity contribution in [2.45, 2.75) is 44.8 Å². The molecule has 0 saturated heterocycles. The molecule has 0 spiro atoms. The zero-order valence-corrected chi connectivity index (χ0v) is 23.6. The molecule has 1 saturated carbocycles. The van der Waals surface area contributed by atoms with Crippen molar-refractivity contribution in [3.63, 3.8) is 0 Å². The summed E-state index contributed by atoms with van der Waals surface area (Å²) < 4.78 is 18.4. The van der Waals surface area contributed by atoms with Gasteiger partial charge in [-0.1, -0.05) is 32.7 Å². The molecule has 4 aromatic rings. The third-order valence-corrected chi connectivity index (χ3v) is 7.72.